The maximum atomic E-state index is 11.2. The molecule has 17 heavy (non-hydrogen) atoms. The van der Waals surface area contributed by atoms with Crippen LogP contribution in [-0.2, 0) is 4.79 Å². The van der Waals surface area contributed by atoms with Crippen LogP contribution in [0.3, 0.4) is 0 Å². The minimum absolute atomic E-state index is 0.0955. The number of hydrogen-bond acceptors (Lipinski definition) is 4. The lowest BCUT2D eigenvalue weighted by molar-refractivity contribution is -0.299. The van der Waals surface area contributed by atoms with Crippen molar-refractivity contribution in [3.8, 4) is 5.75 Å². The number of carboxylic acids is 1. The number of amides is 2. The molecule has 2 amide bonds. The summed E-state index contributed by atoms with van der Waals surface area (Å²) in [4.78, 5) is 21.9. The van der Waals surface area contributed by atoms with Crippen molar-refractivity contribution >= 4 is 12.0 Å². The summed E-state index contributed by atoms with van der Waals surface area (Å²) >= 11 is 0. The largest absolute Gasteiger partial charge is 0.543 e. The van der Waals surface area contributed by atoms with Gasteiger partial charge in [0.05, 0.1) is 17.7 Å². The molecular formula is C11H9N2O4-. The van der Waals surface area contributed by atoms with Crippen molar-refractivity contribution in [1.82, 2.24) is 10.6 Å². The Labute approximate surface area is 96.6 Å². The fourth-order valence-electron chi connectivity index (χ4n) is 1.53. The van der Waals surface area contributed by atoms with Crippen molar-refractivity contribution < 1.29 is 19.8 Å². The molecule has 1 atom stereocenters. The molecule has 88 valence electrons. The van der Waals surface area contributed by atoms with E-state index in [9.17, 15) is 14.7 Å². The van der Waals surface area contributed by atoms with Gasteiger partial charge in [0.15, 0.2) is 0 Å². The highest BCUT2D eigenvalue weighted by molar-refractivity contribution is 5.92. The monoisotopic (exact) mass is 233 g/mol. The highest BCUT2D eigenvalue weighted by Crippen LogP contribution is 2.20. The van der Waals surface area contributed by atoms with Gasteiger partial charge in [-0.3, -0.25) is 0 Å². The van der Waals surface area contributed by atoms with Crippen LogP contribution in [0.2, 0.25) is 0 Å². The van der Waals surface area contributed by atoms with Gasteiger partial charge in [-0.1, -0.05) is 12.1 Å². The molecule has 1 aromatic rings. The molecular weight excluding hydrogens is 224 g/mol. The normalized spacial score (nSPS) is 18.9. The second-order valence-corrected chi connectivity index (χ2v) is 3.54. The van der Waals surface area contributed by atoms with Crippen LogP contribution >= 0.6 is 0 Å². The standard InChI is InChI=1S/C11H10N2O4/c14-7-3-1-6(2-4-7)8-5-9(10(15)16)13-11(17)12-8/h1-5,8,14H,(H,15,16)(H2,12,13,17)/p-1/t8-/m1/s1. The number of aliphatic carboxylic acids is 1. The minimum atomic E-state index is -1.44. The highest BCUT2D eigenvalue weighted by Gasteiger charge is 2.19. The Morgan fingerprint density at radius 3 is 2.53 bits per heavy atom. The maximum absolute atomic E-state index is 11.2. The van der Waals surface area contributed by atoms with Crippen molar-refractivity contribution in [2.45, 2.75) is 6.04 Å². The molecule has 6 heteroatoms. The van der Waals surface area contributed by atoms with Crippen LogP contribution < -0.4 is 15.7 Å². The second kappa shape index (κ2) is 4.17. The number of benzene rings is 1. The summed E-state index contributed by atoms with van der Waals surface area (Å²) in [5.74, 6) is -1.35. The van der Waals surface area contributed by atoms with Crippen molar-refractivity contribution in [2.75, 3.05) is 0 Å². The Kier molecular flexibility index (Phi) is 2.70. The lowest BCUT2D eigenvalue weighted by Crippen LogP contribution is -2.46. The number of hydrogen-bond donors (Lipinski definition) is 3. The SMILES string of the molecule is O=C1NC(C(=O)[O-])=C[C@H](c2ccc(O)cc2)N1. The Morgan fingerprint density at radius 1 is 1.29 bits per heavy atom. The van der Waals surface area contributed by atoms with E-state index in [2.05, 4.69) is 10.6 Å². The highest BCUT2D eigenvalue weighted by atomic mass is 16.4. The number of rotatable bonds is 2. The lowest BCUT2D eigenvalue weighted by Gasteiger charge is -2.24. The molecule has 3 N–H and O–H groups in total. The van der Waals surface area contributed by atoms with Crippen LogP contribution in [0.25, 0.3) is 0 Å². The summed E-state index contributed by atoms with van der Waals surface area (Å²) in [6.07, 6.45) is 1.34. The van der Waals surface area contributed by atoms with Crippen LogP contribution in [0, 0.1) is 0 Å². The molecule has 0 bridgehead atoms. The molecule has 0 radical (unpaired) electrons. The summed E-state index contributed by atoms with van der Waals surface area (Å²) in [5.41, 5.74) is 0.392. The third-order valence-corrected chi connectivity index (χ3v) is 2.34. The van der Waals surface area contributed by atoms with Gasteiger partial charge in [0.2, 0.25) is 0 Å². The Morgan fingerprint density at radius 2 is 1.94 bits per heavy atom. The Bertz CT molecular complexity index is 493. The number of carbonyl (C=O) groups excluding carboxylic acids is 2. The zero-order valence-electron chi connectivity index (χ0n) is 8.64. The summed E-state index contributed by atoms with van der Waals surface area (Å²) in [5, 5.41) is 24.5. The van der Waals surface area contributed by atoms with E-state index in [0.717, 1.165) is 0 Å². The Hall–Kier alpha value is -2.50. The molecule has 2 rings (SSSR count). The molecule has 1 aromatic carbocycles. The van der Waals surface area contributed by atoms with Crippen molar-refractivity contribution in [2.24, 2.45) is 0 Å². The second-order valence-electron chi connectivity index (χ2n) is 3.54. The average molecular weight is 233 g/mol. The number of phenolic OH excluding ortho intramolecular Hbond substituents is 1. The molecule has 1 aliphatic rings. The quantitative estimate of drug-likeness (QED) is 0.633. The predicted molar refractivity (Wildman–Crippen MR) is 55.6 cm³/mol. The number of nitrogens with one attached hydrogen (secondary N) is 2. The lowest BCUT2D eigenvalue weighted by atomic mass is 10.0. The predicted octanol–water partition coefficient (Wildman–Crippen LogP) is -0.620. The van der Waals surface area contributed by atoms with Gasteiger partial charge < -0.3 is 25.6 Å². The van der Waals surface area contributed by atoms with Crippen molar-refractivity contribution in [3.63, 3.8) is 0 Å². The van der Waals surface area contributed by atoms with Gasteiger partial charge in [-0.2, -0.15) is 0 Å². The van der Waals surface area contributed by atoms with E-state index in [1.165, 1.54) is 18.2 Å². The number of urea groups is 1. The molecule has 0 saturated heterocycles. The summed E-state index contributed by atoms with van der Waals surface area (Å²) in [6, 6.07) is 4.93. The third kappa shape index (κ3) is 2.36. The first kappa shape index (κ1) is 11.0. The zero-order chi connectivity index (χ0) is 12.4. The minimum Gasteiger partial charge on any atom is -0.543 e. The van der Waals surface area contributed by atoms with Gasteiger partial charge in [-0.25, -0.2) is 4.79 Å². The van der Waals surface area contributed by atoms with Gasteiger partial charge in [0.25, 0.3) is 0 Å². The van der Waals surface area contributed by atoms with Gasteiger partial charge in [0.1, 0.15) is 5.75 Å². The van der Waals surface area contributed by atoms with Crippen molar-refractivity contribution in [3.05, 3.63) is 41.6 Å². The Balaban J connectivity index is 2.32. The summed E-state index contributed by atoms with van der Waals surface area (Å²) < 4.78 is 0. The van der Waals surface area contributed by atoms with Crippen molar-refractivity contribution in [1.29, 1.82) is 0 Å². The smallest absolute Gasteiger partial charge is 0.320 e. The van der Waals surface area contributed by atoms with E-state index in [0.29, 0.717) is 5.56 Å². The van der Waals surface area contributed by atoms with Crippen LogP contribution in [0.5, 0.6) is 5.75 Å². The molecule has 1 aliphatic heterocycles. The van der Waals surface area contributed by atoms with E-state index in [1.54, 1.807) is 12.1 Å². The first-order valence-corrected chi connectivity index (χ1v) is 4.86. The molecule has 1 heterocycles. The van der Waals surface area contributed by atoms with Crippen LogP contribution in [0.4, 0.5) is 4.79 Å². The van der Waals surface area contributed by atoms with Gasteiger partial charge in [-0.15, -0.1) is 0 Å². The number of aromatic hydroxyl groups is 1. The number of carboxylic acid groups (broad SMARTS) is 1. The molecule has 0 fully saturated rings. The van der Waals surface area contributed by atoms with E-state index in [4.69, 9.17) is 5.11 Å². The topological polar surface area (TPSA) is 101 Å². The van der Waals surface area contributed by atoms with Gasteiger partial charge in [-0.05, 0) is 23.8 Å². The van der Waals surface area contributed by atoms with E-state index in [-0.39, 0.29) is 11.4 Å². The zero-order valence-corrected chi connectivity index (χ0v) is 8.64. The number of phenols is 1. The average Bonchev–Trinajstić information content (AvgIpc) is 2.29. The van der Waals surface area contributed by atoms with Crippen LogP contribution in [0.1, 0.15) is 11.6 Å². The molecule has 0 aliphatic carbocycles. The third-order valence-electron chi connectivity index (χ3n) is 2.34. The number of carbonyl (C=O) groups is 2. The summed E-state index contributed by atoms with van der Waals surface area (Å²) in [7, 11) is 0. The van der Waals surface area contributed by atoms with E-state index >= 15 is 0 Å². The fourth-order valence-corrected chi connectivity index (χ4v) is 1.53. The van der Waals surface area contributed by atoms with Crippen LogP contribution in [0.15, 0.2) is 36.0 Å². The van der Waals surface area contributed by atoms with E-state index in [1.807, 2.05) is 0 Å². The molecule has 0 spiro atoms. The maximum Gasteiger partial charge on any atom is 0.320 e. The van der Waals surface area contributed by atoms with Gasteiger partial charge in [0, 0.05) is 0 Å². The first-order valence-electron chi connectivity index (χ1n) is 4.86. The molecule has 0 aromatic heterocycles. The molecule has 0 unspecified atom stereocenters. The molecule has 6 nitrogen and oxygen atoms in total. The first-order chi connectivity index (χ1) is 8.06. The van der Waals surface area contributed by atoms with Crippen LogP contribution in [-0.4, -0.2) is 17.1 Å². The fraction of sp³-hybridized carbons (Fsp3) is 0.0909. The molecule has 0 saturated carbocycles. The summed E-state index contributed by atoms with van der Waals surface area (Å²) in [6.45, 7) is 0. The van der Waals surface area contributed by atoms with Gasteiger partial charge >= 0.3 is 6.03 Å². The van der Waals surface area contributed by atoms with E-state index < -0.39 is 18.0 Å².